The fourth-order valence-electron chi connectivity index (χ4n) is 1.79. The molecule has 0 unspecified atom stereocenters. The van der Waals surface area contributed by atoms with Crippen LogP contribution in [-0.2, 0) is 17.8 Å². The summed E-state index contributed by atoms with van der Waals surface area (Å²) in [4.78, 5) is 26.6. The predicted octanol–water partition coefficient (Wildman–Crippen LogP) is 3.81. The van der Waals surface area contributed by atoms with E-state index in [2.05, 4.69) is 10.3 Å². The Hall–Kier alpha value is -2.49. The zero-order chi connectivity index (χ0) is 17.5. The number of amides is 1. The second-order valence-corrected chi connectivity index (χ2v) is 4.07. The van der Waals surface area contributed by atoms with E-state index in [1.54, 1.807) is 30.6 Å². The molecule has 1 heterocycles. The van der Waals surface area contributed by atoms with E-state index in [0.717, 1.165) is 17.4 Å². The van der Waals surface area contributed by atoms with Crippen LogP contribution in [0.2, 0.25) is 0 Å². The molecule has 0 aliphatic carbocycles. The second kappa shape index (κ2) is 13.2. The van der Waals surface area contributed by atoms with Crippen molar-refractivity contribution >= 4 is 12.2 Å². The number of hydrogen-bond donors (Lipinski definition) is 1. The summed E-state index contributed by atoms with van der Waals surface area (Å²) >= 11 is 0. The lowest BCUT2D eigenvalue weighted by Crippen LogP contribution is -2.24. The highest BCUT2D eigenvalue weighted by Gasteiger charge is 2.09. The Labute approximate surface area is 139 Å². The molecule has 0 saturated carbocycles. The Bertz CT molecular complexity index is 569. The third-order valence-electron chi connectivity index (χ3n) is 2.77. The normalized spacial score (nSPS) is 8.70. The van der Waals surface area contributed by atoms with Crippen molar-refractivity contribution in [3.05, 3.63) is 65.5 Å². The molecule has 2 rings (SSSR count). The van der Waals surface area contributed by atoms with Gasteiger partial charge in [0, 0.05) is 30.9 Å². The topological polar surface area (TPSA) is 59.1 Å². The van der Waals surface area contributed by atoms with Crippen LogP contribution in [0.15, 0.2) is 48.8 Å². The van der Waals surface area contributed by atoms with Gasteiger partial charge in [0.25, 0.3) is 5.91 Å². The molecule has 2 aromatic rings. The molecule has 0 aliphatic rings. The maximum atomic E-state index is 12.1. The first kappa shape index (κ1) is 20.5. The van der Waals surface area contributed by atoms with Gasteiger partial charge in [-0.1, -0.05) is 45.9 Å². The maximum absolute atomic E-state index is 12.1. The molecule has 0 radical (unpaired) electrons. The van der Waals surface area contributed by atoms with Gasteiger partial charge in [0.15, 0.2) is 0 Å². The van der Waals surface area contributed by atoms with Gasteiger partial charge in [-0.15, -0.1) is 0 Å². The third-order valence-corrected chi connectivity index (χ3v) is 2.77. The molecule has 1 amide bonds. The number of benzene rings is 1. The van der Waals surface area contributed by atoms with Crippen molar-refractivity contribution in [2.45, 2.75) is 40.7 Å². The van der Waals surface area contributed by atoms with Crippen LogP contribution >= 0.6 is 0 Å². The van der Waals surface area contributed by atoms with Gasteiger partial charge < -0.3 is 10.1 Å². The van der Waals surface area contributed by atoms with Crippen molar-refractivity contribution in [3.8, 4) is 0 Å². The van der Waals surface area contributed by atoms with Crippen molar-refractivity contribution in [2.24, 2.45) is 0 Å². The SMILES string of the molecule is CC.CC.O=CCc1ccccc1C(=O)NCc1ccncc1. The van der Waals surface area contributed by atoms with Crippen LogP contribution in [0, 0.1) is 0 Å². The first-order chi connectivity index (χ1) is 11.3. The van der Waals surface area contributed by atoms with Crippen LogP contribution < -0.4 is 5.32 Å². The first-order valence-electron chi connectivity index (χ1n) is 8.00. The predicted molar refractivity (Wildman–Crippen MR) is 94.3 cm³/mol. The summed E-state index contributed by atoms with van der Waals surface area (Å²) in [5, 5.41) is 2.83. The summed E-state index contributed by atoms with van der Waals surface area (Å²) in [6, 6.07) is 10.8. The van der Waals surface area contributed by atoms with Crippen LogP contribution in [0.25, 0.3) is 0 Å². The number of pyridine rings is 1. The van der Waals surface area contributed by atoms with E-state index in [1.165, 1.54) is 0 Å². The molecule has 124 valence electrons. The lowest BCUT2D eigenvalue weighted by atomic mass is 10.0. The molecule has 0 aliphatic heterocycles. The van der Waals surface area contributed by atoms with Gasteiger partial charge in [-0.05, 0) is 29.3 Å². The molecular weight excluding hydrogens is 288 g/mol. The van der Waals surface area contributed by atoms with Gasteiger partial charge in [0.2, 0.25) is 0 Å². The molecule has 4 heteroatoms. The Morgan fingerprint density at radius 1 is 1.04 bits per heavy atom. The van der Waals surface area contributed by atoms with Crippen LogP contribution in [0.5, 0.6) is 0 Å². The number of carbonyl (C=O) groups excluding carboxylic acids is 2. The van der Waals surface area contributed by atoms with Crippen molar-refractivity contribution < 1.29 is 9.59 Å². The highest BCUT2D eigenvalue weighted by atomic mass is 16.1. The largest absolute Gasteiger partial charge is 0.348 e. The average molecular weight is 314 g/mol. The van der Waals surface area contributed by atoms with E-state index in [0.29, 0.717) is 12.1 Å². The minimum atomic E-state index is -0.172. The summed E-state index contributed by atoms with van der Waals surface area (Å²) < 4.78 is 0. The number of hydrogen-bond acceptors (Lipinski definition) is 3. The fourth-order valence-corrected chi connectivity index (χ4v) is 1.79. The van der Waals surface area contributed by atoms with E-state index in [4.69, 9.17) is 0 Å². The monoisotopic (exact) mass is 314 g/mol. The zero-order valence-electron chi connectivity index (χ0n) is 14.4. The fraction of sp³-hybridized carbons (Fsp3) is 0.316. The Kier molecular flexibility index (Phi) is 11.8. The third kappa shape index (κ3) is 7.36. The molecule has 1 aromatic heterocycles. The van der Waals surface area contributed by atoms with Gasteiger partial charge >= 0.3 is 0 Å². The summed E-state index contributed by atoms with van der Waals surface area (Å²) in [6.07, 6.45) is 4.41. The summed E-state index contributed by atoms with van der Waals surface area (Å²) in [7, 11) is 0. The standard InChI is InChI=1S/C15H14N2O2.2C2H6/c18-10-7-13-3-1-2-4-14(13)15(19)17-11-12-5-8-16-9-6-12;2*1-2/h1-6,8-10H,7,11H2,(H,17,19);2*1-2H3. The highest BCUT2D eigenvalue weighted by molar-refractivity contribution is 5.96. The van der Waals surface area contributed by atoms with Gasteiger partial charge in [-0.25, -0.2) is 0 Å². The van der Waals surface area contributed by atoms with Gasteiger partial charge in [-0.2, -0.15) is 0 Å². The van der Waals surface area contributed by atoms with Gasteiger partial charge in [0.1, 0.15) is 6.29 Å². The summed E-state index contributed by atoms with van der Waals surface area (Å²) in [5.74, 6) is -0.172. The lowest BCUT2D eigenvalue weighted by Gasteiger charge is -2.08. The first-order valence-corrected chi connectivity index (χ1v) is 8.00. The molecule has 0 atom stereocenters. The Morgan fingerprint density at radius 2 is 1.65 bits per heavy atom. The van der Waals surface area contributed by atoms with Crippen molar-refractivity contribution in [2.75, 3.05) is 0 Å². The highest BCUT2D eigenvalue weighted by Crippen LogP contribution is 2.09. The zero-order valence-corrected chi connectivity index (χ0v) is 14.4. The van der Waals surface area contributed by atoms with E-state index < -0.39 is 0 Å². The van der Waals surface area contributed by atoms with Crippen molar-refractivity contribution in [1.82, 2.24) is 10.3 Å². The number of aldehydes is 1. The number of aromatic nitrogens is 1. The maximum Gasteiger partial charge on any atom is 0.251 e. The summed E-state index contributed by atoms with van der Waals surface area (Å²) in [6.45, 7) is 8.44. The number of nitrogens with zero attached hydrogens (tertiary/aromatic N) is 1. The summed E-state index contributed by atoms with van der Waals surface area (Å²) in [5.41, 5.74) is 2.27. The van der Waals surface area contributed by atoms with Crippen LogP contribution in [0.4, 0.5) is 0 Å². The number of rotatable bonds is 5. The Balaban J connectivity index is 0.00000112. The van der Waals surface area contributed by atoms with E-state index >= 15 is 0 Å². The molecule has 0 saturated heterocycles. The van der Waals surface area contributed by atoms with Gasteiger partial charge in [-0.3, -0.25) is 9.78 Å². The molecule has 1 aromatic carbocycles. The molecule has 0 fully saturated rings. The van der Waals surface area contributed by atoms with Crippen molar-refractivity contribution in [1.29, 1.82) is 0 Å². The van der Waals surface area contributed by atoms with Crippen LogP contribution in [0.1, 0.15) is 49.2 Å². The second-order valence-electron chi connectivity index (χ2n) is 4.07. The van der Waals surface area contributed by atoms with E-state index in [-0.39, 0.29) is 12.3 Å². The molecule has 1 N–H and O–H groups in total. The quantitative estimate of drug-likeness (QED) is 0.854. The molecule has 0 bridgehead atoms. The lowest BCUT2D eigenvalue weighted by molar-refractivity contribution is -0.107. The minimum Gasteiger partial charge on any atom is -0.348 e. The average Bonchev–Trinajstić information content (AvgIpc) is 2.65. The van der Waals surface area contributed by atoms with E-state index in [9.17, 15) is 9.59 Å². The smallest absolute Gasteiger partial charge is 0.251 e. The molecule has 4 nitrogen and oxygen atoms in total. The van der Waals surface area contributed by atoms with E-state index in [1.807, 2.05) is 45.9 Å². The Morgan fingerprint density at radius 3 is 2.26 bits per heavy atom. The van der Waals surface area contributed by atoms with Crippen molar-refractivity contribution in [3.63, 3.8) is 0 Å². The van der Waals surface area contributed by atoms with Gasteiger partial charge in [0.05, 0.1) is 0 Å². The van der Waals surface area contributed by atoms with Crippen LogP contribution in [-0.4, -0.2) is 17.2 Å². The molecule has 0 spiro atoms. The number of nitrogens with one attached hydrogen (secondary N) is 1. The van der Waals surface area contributed by atoms with Crippen LogP contribution in [0.3, 0.4) is 0 Å². The molecular formula is C19H26N2O2. The molecule has 23 heavy (non-hydrogen) atoms. The minimum absolute atomic E-state index is 0.172. The number of carbonyl (C=O) groups is 2.